The summed E-state index contributed by atoms with van der Waals surface area (Å²) in [6.07, 6.45) is 1.81. The van der Waals surface area contributed by atoms with Gasteiger partial charge in [0.15, 0.2) is 0 Å². The van der Waals surface area contributed by atoms with Crippen LogP contribution < -0.4 is 18.9 Å². The maximum Gasteiger partial charge on any atom is 1.00 e. The van der Waals surface area contributed by atoms with Gasteiger partial charge in [-0.3, -0.25) is 4.98 Å². The summed E-state index contributed by atoms with van der Waals surface area (Å²) in [6.45, 7) is 0. The van der Waals surface area contributed by atoms with E-state index < -0.39 is 0 Å². The summed E-state index contributed by atoms with van der Waals surface area (Å²) in [5.41, 5.74) is 3.87. The molecule has 2 aromatic heterocycles. The Labute approximate surface area is 145 Å². The van der Waals surface area contributed by atoms with E-state index in [0.29, 0.717) is 0 Å². The van der Waals surface area contributed by atoms with Crippen molar-refractivity contribution in [3.8, 4) is 11.1 Å². The summed E-state index contributed by atoms with van der Waals surface area (Å²) in [5.74, 6) is 0. The van der Waals surface area contributed by atoms with E-state index in [1.165, 1.54) is 0 Å². The second-order valence-corrected chi connectivity index (χ2v) is 5.76. The third kappa shape index (κ3) is 3.19. The van der Waals surface area contributed by atoms with Gasteiger partial charge < -0.3 is 4.98 Å². The van der Waals surface area contributed by atoms with Crippen molar-refractivity contribution in [2.45, 2.75) is 0 Å². The van der Waals surface area contributed by atoms with Gasteiger partial charge in [0.05, 0.1) is 0 Å². The number of nitrogens with zero attached hydrogens (tertiary/aromatic N) is 2. The van der Waals surface area contributed by atoms with Crippen LogP contribution in [-0.4, -0.2) is 9.97 Å². The number of rotatable bonds is 1. The van der Waals surface area contributed by atoms with E-state index in [1.54, 1.807) is 0 Å². The summed E-state index contributed by atoms with van der Waals surface area (Å²) in [6, 6.07) is 15.4. The van der Waals surface area contributed by atoms with Crippen LogP contribution in [0.3, 0.4) is 0 Å². The van der Waals surface area contributed by atoms with Crippen LogP contribution in [0.15, 0.2) is 47.2 Å². The summed E-state index contributed by atoms with van der Waals surface area (Å²) in [5, 5.41) is 0. The molecule has 3 rings (SSSR count). The Kier molecular flexibility index (Phi) is 5.01. The number of hydrogen-bond donors (Lipinski definition) is 0. The Morgan fingerprint density at radius 3 is 2.63 bits per heavy atom. The van der Waals surface area contributed by atoms with Crippen molar-refractivity contribution in [1.82, 2.24) is 9.97 Å². The van der Waals surface area contributed by atoms with Crippen molar-refractivity contribution in [2.75, 3.05) is 0 Å². The maximum atomic E-state index is 4.48. The van der Waals surface area contributed by atoms with Gasteiger partial charge in [-0.2, -0.15) is 0 Å². The minimum absolute atomic E-state index is 0. The third-order valence-electron chi connectivity index (χ3n) is 2.59. The molecule has 1 aromatic carbocycles. The van der Waals surface area contributed by atoms with Crippen molar-refractivity contribution in [2.24, 2.45) is 0 Å². The van der Waals surface area contributed by atoms with Gasteiger partial charge in [-0.15, -0.1) is 6.07 Å². The molecule has 0 bridgehead atoms. The first-order valence-corrected chi connectivity index (χ1v) is 7.21. The van der Waals surface area contributed by atoms with Crippen molar-refractivity contribution < 1.29 is 18.9 Å². The topological polar surface area (TPSA) is 25.8 Å². The predicted octanol–water partition coefficient (Wildman–Crippen LogP) is 1.47. The zero-order chi connectivity index (χ0) is 12.5. The fourth-order valence-corrected chi connectivity index (χ4v) is 2.63. The number of hydrogen-bond acceptors (Lipinski definition) is 2. The molecule has 0 N–H and O–H groups in total. The molecule has 2 nitrogen and oxygen atoms in total. The van der Waals surface area contributed by atoms with Crippen molar-refractivity contribution >= 4 is 49.6 Å². The van der Waals surface area contributed by atoms with Gasteiger partial charge in [0.1, 0.15) is 4.60 Å². The normalized spacial score (nSPS) is 10.2. The molecule has 0 unspecified atom stereocenters. The van der Waals surface area contributed by atoms with Gasteiger partial charge in [0.2, 0.25) is 0 Å². The molecule has 0 spiro atoms. The Morgan fingerprint density at radius 1 is 1.16 bits per heavy atom. The molecule has 5 heteroatoms. The molecule has 3 aromatic rings. The summed E-state index contributed by atoms with van der Waals surface area (Å²) in [7, 11) is 0. The van der Waals surface area contributed by atoms with Crippen LogP contribution in [0.2, 0.25) is 0 Å². The molecule has 0 atom stereocenters. The first-order valence-electron chi connectivity index (χ1n) is 5.33. The van der Waals surface area contributed by atoms with Crippen LogP contribution in [0.4, 0.5) is 0 Å². The minimum atomic E-state index is 0. The van der Waals surface area contributed by atoms with E-state index in [0.717, 1.165) is 30.3 Å². The Balaban J connectivity index is 0.00000133. The number of aromatic nitrogens is 2. The molecular formula is C14H7BrILiN2. The van der Waals surface area contributed by atoms with Gasteiger partial charge >= 0.3 is 18.9 Å². The molecule has 0 aliphatic rings. The average Bonchev–Trinajstić information content (AvgIpc) is 2.38. The molecular weight excluding hydrogens is 410 g/mol. The predicted molar refractivity (Wildman–Crippen MR) is 84.2 cm³/mol. The average molecular weight is 417 g/mol. The molecule has 0 radical (unpaired) electrons. The number of benzene rings is 1. The van der Waals surface area contributed by atoms with E-state index in [2.05, 4.69) is 66.7 Å². The number of pyridine rings is 2. The summed E-state index contributed by atoms with van der Waals surface area (Å²) in [4.78, 5) is 8.89. The molecule has 0 saturated carbocycles. The van der Waals surface area contributed by atoms with Crippen LogP contribution in [-0.2, 0) is 0 Å². The summed E-state index contributed by atoms with van der Waals surface area (Å²) >= 11 is 5.64. The van der Waals surface area contributed by atoms with E-state index in [9.17, 15) is 0 Å². The first kappa shape index (κ1) is 15.0. The molecule has 0 aliphatic carbocycles. The van der Waals surface area contributed by atoms with Crippen LogP contribution in [0, 0.1) is 9.64 Å². The maximum absolute atomic E-state index is 4.48. The van der Waals surface area contributed by atoms with Gasteiger partial charge in [-0.25, -0.2) is 0 Å². The molecule has 0 saturated heterocycles. The second kappa shape index (κ2) is 6.36. The van der Waals surface area contributed by atoms with E-state index in [4.69, 9.17) is 0 Å². The fraction of sp³-hybridized carbons (Fsp3) is 0. The third-order valence-corrected chi connectivity index (χ3v) is 3.55. The minimum Gasteiger partial charge on any atom is -0.380 e. The molecule has 0 amide bonds. The largest absolute Gasteiger partial charge is 1.00 e. The Hall–Kier alpha value is -0.413. The number of halogens is 2. The van der Waals surface area contributed by atoms with Crippen LogP contribution in [0.1, 0.15) is 0 Å². The second-order valence-electron chi connectivity index (χ2n) is 3.79. The van der Waals surface area contributed by atoms with Crippen molar-refractivity contribution in [1.29, 1.82) is 0 Å². The van der Waals surface area contributed by atoms with E-state index >= 15 is 0 Å². The van der Waals surface area contributed by atoms with Crippen LogP contribution in [0.5, 0.6) is 0 Å². The van der Waals surface area contributed by atoms with Crippen molar-refractivity contribution in [3.63, 3.8) is 0 Å². The van der Waals surface area contributed by atoms with Gasteiger partial charge in [0, 0.05) is 0 Å². The van der Waals surface area contributed by atoms with E-state index in [-0.39, 0.29) is 18.9 Å². The van der Waals surface area contributed by atoms with Crippen molar-refractivity contribution in [3.05, 3.63) is 56.8 Å². The zero-order valence-corrected chi connectivity index (χ0v) is 13.9. The standard InChI is InChI=1S/C14H7BrIN2.Li/c15-13-7-11(9-4-2-1-3-5-9)14-12(18-13)6-10(16)8-17-14;/h1-5,7-8H;/q-1;+1. The van der Waals surface area contributed by atoms with Gasteiger partial charge in [-0.05, 0) is 44.2 Å². The Morgan fingerprint density at radius 2 is 1.89 bits per heavy atom. The van der Waals surface area contributed by atoms with Crippen LogP contribution in [0.25, 0.3) is 22.2 Å². The molecule has 0 fully saturated rings. The summed E-state index contributed by atoms with van der Waals surface area (Å²) < 4.78 is 1.76. The van der Waals surface area contributed by atoms with Gasteiger partial charge in [0.25, 0.3) is 0 Å². The monoisotopic (exact) mass is 416 g/mol. The van der Waals surface area contributed by atoms with Crippen LogP contribution >= 0.6 is 38.5 Å². The smallest absolute Gasteiger partial charge is 0.380 e. The van der Waals surface area contributed by atoms with E-state index in [1.807, 2.05) is 30.5 Å². The zero-order valence-electron chi connectivity index (χ0n) is 10.2. The quantitative estimate of drug-likeness (QED) is 0.260. The molecule has 19 heavy (non-hydrogen) atoms. The molecule has 2 heterocycles. The molecule has 88 valence electrons. The Bertz CT molecular complexity index is 714. The number of fused-ring (bicyclic) bond motifs is 1. The SMILES string of the molecule is Brc1cc(-c2ccccc2)c2ncc(I)[c-]c2n1.[Li+]. The fourth-order valence-electron chi connectivity index (χ4n) is 1.83. The first-order chi connectivity index (χ1) is 8.74. The van der Waals surface area contributed by atoms with Gasteiger partial charge in [-0.1, -0.05) is 62.7 Å². The molecule has 0 aliphatic heterocycles.